The van der Waals surface area contributed by atoms with Crippen LogP contribution in [-0.2, 0) is 4.79 Å². The van der Waals surface area contributed by atoms with Crippen LogP contribution >= 0.6 is 11.5 Å². The number of aromatic nitrogens is 2. The number of hydrogen-bond acceptors (Lipinski definition) is 5. The maximum atomic E-state index is 11.6. The Bertz CT molecular complexity index is 353. The Morgan fingerprint density at radius 3 is 2.88 bits per heavy atom. The molecule has 2 N–H and O–H groups in total. The van der Waals surface area contributed by atoms with E-state index in [1.807, 2.05) is 6.92 Å². The normalized spacial score (nSPS) is 12.1. The first-order chi connectivity index (χ1) is 7.63. The van der Waals surface area contributed by atoms with Gasteiger partial charge in [0.2, 0.25) is 0 Å². The molecule has 1 atom stereocenters. The fourth-order valence-electron chi connectivity index (χ4n) is 1.31. The monoisotopic (exact) mass is 243 g/mol. The number of nitrogens with one attached hydrogen (secondary N) is 1. The zero-order valence-electron chi connectivity index (χ0n) is 8.84. The van der Waals surface area contributed by atoms with Gasteiger partial charge in [-0.15, -0.1) is 5.10 Å². The molecule has 0 aliphatic rings. The van der Waals surface area contributed by atoms with Crippen molar-refractivity contribution in [2.75, 3.05) is 0 Å². The fourth-order valence-corrected chi connectivity index (χ4v) is 1.74. The van der Waals surface area contributed by atoms with Gasteiger partial charge in [-0.25, -0.2) is 0 Å². The number of amides is 1. The van der Waals surface area contributed by atoms with Crippen LogP contribution in [0.1, 0.15) is 36.7 Å². The van der Waals surface area contributed by atoms with E-state index in [-0.39, 0.29) is 24.1 Å². The molecule has 16 heavy (non-hydrogen) atoms. The van der Waals surface area contributed by atoms with E-state index in [0.717, 1.165) is 18.0 Å². The molecule has 0 spiro atoms. The maximum Gasteiger partial charge on any atom is 0.305 e. The van der Waals surface area contributed by atoms with E-state index in [4.69, 9.17) is 5.11 Å². The van der Waals surface area contributed by atoms with E-state index >= 15 is 0 Å². The van der Waals surface area contributed by atoms with Gasteiger partial charge in [0.15, 0.2) is 5.69 Å². The highest BCUT2D eigenvalue weighted by molar-refractivity contribution is 7.03. The van der Waals surface area contributed by atoms with Gasteiger partial charge in [0.1, 0.15) is 0 Å². The van der Waals surface area contributed by atoms with Gasteiger partial charge < -0.3 is 10.4 Å². The lowest BCUT2D eigenvalue weighted by atomic mass is 10.1. The Hall–Kier alpha value is -1.50. The van der Waals surface area contributed by atoms with E-state index in [1.54, 1.807) is 0 Å². The van der Waals surface area contributed by atoms with Crippen LogP contribution in [0.4, 0.5) is 0 Å². The predicted molar refractivity (Wildman–Crippen MR) is 58.3 cm³/mol. The average molecular weight is 243 g/mol. The summed E-state index contributed by atoms with van der Waals surface area (Å²) in [6.45, 7) is 1.94. The van der Waals surface area contributed by atoms with Crippen LogP contribution in [0.25, 0.3) is 0 Å². The van der Waals surface area contributed by atoms with Crippen molar-refractivity contribution in [3.05, 3.63) is 11.1 Å². The second-order valence-electron chi connectivity index (χ2n) is 3.35. The van der Waals surface area contributed by atoms with Crippen molar-refractivity contribution < 1.29 is 14.7 Å². The number of carbonyl (C=O) groups is 2. The molecule has 0 aromatic carbocycles. The van der Waals surface area contributed by atoms with Gasteiger partial charge in [0.25, 0.3) is 5.91 Å². The second-order valence-corrected chi connectivity index (χ2v) is 3.96. The molecular formula is C9H13N3O3S. The van der Waals surface area contributed by atoms with Gasteiger partial charge in [-0.1, -0.05) is 17.8 Å². The minimum absolute atomic E-state index is 0.0723. The Kier molecular flexibility index (Phi) is 4.84. The summed E-state index contributed by atoms with van der Waals surface area (Å²) >= 11 is 1.08. The van der Waals surface area contributed by atoms with Crippen molar-refractivity contribution in [2.24, 2.45) is 0 Å². The Morgan fingerprint density at radius 1 is 1.62 bits per heavy atom. The molecule has 1 heterocycles. The van der Waals surface area contributed by atoms with Gasteiger partial charge in [-0.3, -0.25) is 9.59 Å². The van der Waals surface area contributed by atoms with Crippen LogP contribution in [0.15, 0.2) is 5.38 Å². The first-order valence-electron chi connectivity index (χ1n) is 4.93. The van der Waals surface area contributed by atoms with E-state index in [0.29, 0.717) is 6.42 Å². The molecular weight excluding hydrogens is 230 g/mol. The Labute approximate surface area is 96.8 Å². The number of carboxylic acid groups (broad SMARTS) is 1. The molecule has 7 heteroatoms. The van der Waals surface area contributed by atoms with Gasteiger partial charge in [-0.2, -0.15) is 0 Å². The summed E-state index contributed by atoms with van der Waals surface area (Å²) in [4.78, 5) is 22.1. The van der Waals surface area contributed by atoms with Gasteiger partial charge in [-0.05, 0) is 18.0 Å². The Balaban J connectivity index is 2.54. The van der Waals surface area contributed by atoms with Gasteiger partial charge in [0, 0.05) is 11.4 Å². The van der Waals surface area contributed by atoms with E-state index < -0.39 is 5.97 Å². The highest BCUT2D eigenvalue weighted by Crippen LogP contribution is 2.04. The molecule has 0 radical (unpaired) electrons. The number of nitrogens with zero attached hydrogens (tertiary/aromatic N) is 2. The summed E-state index contributed by atoms with van der Waals surface area (Å²) in [5.74, 6) is -1.29. The lowest BCUT2D eigenvalue weighted by molar-refractivity contribution is -0.137. The summed E-state index contributed by atoms with van der Waals surface area (Å²) in [6, 6.07) is -0.350. The molecule has 6 nitrogen and oxygen atoms in total. The van der Waals surface area contributed by atoms with Crippen molar-refractivity contribution in [1.29, 1.82) is 0 Å². The fraction of sp³-hybridized carbons (Fsp3) is 0.556. The number of carbonyl (C=O) groups excluding carboxylic acids is 1. The van der Waals surface area contributed by atoms with Crippen molar-refractivity contribution in [2.45, 2.75) is 32.2 Å². The Morgan fingerprint density at radius 2 is 2.38 bits per heavy atom. The average Bonchev–Trinajstić information content (AvgIpc) is 2.69. The van der Waals surface area contributed by atoms with Crippen molar-refractivity contribution in [3.8, 4) is 0 Å². The lowest BCUT2D eigenvalue weighted by Crippen LogP contribution is -2.36. The summed E-state index contributed by atoms with van der Waals surface area (Å²) in [6.07, 6.45) is 1.38. The first kappa shape index (κ1) is 12.6. The van der Waals surface area contributed by atoms with Crippen LogP contribution in [-0.4, -0.2) is 32.6 Å². The van der Waals surface area contributed by atoms with Crippen molar-refractivity contribution in [3.63, 3.8) is 0 Å². The third-order valence-electron chi connectivity index (χ3n) is 1.99. The van der Waals surface area contributed by atoms with Gasteiger partial charge in [0.05, 0.1) is 6.42 Å². The molecule has 0 fully saturated rings. The van der Waals surface area contributed by atoms with Gasteiger partial charge >= 0.3 is 5.97 Å². The summed E-state index contributed by atoms with van der Waals surface area (Å²) in [5, 5.41) is 16.5. The molecule has 0 aliphatic heterocycles. The third kappa shape index (κ3) is 3.93. The van der Waals surface area contributed by atoms with Crippen molar-refractivity contribution >= 4 is 23.4 Å². The van der Waals surface area contributed by atoms with E-state index in [1.165, 1.54) is 5.38 Å². The number of rotatable bonds is 6. The van der Waals surface area contributed by atoms with Crippen LogP contribution in [0.2, 0.25) is 0 Å². The lowest BCUT2D eigenvalue weighted by Gasteiger charge is -2.14. The molecule has 1 rings (SSSR count). The maximum absolute atomic E-state index is 11.6. The van der Waals surface area contributed by atoms with Crippen LogP contribution in [0.5, 0.6) is 0 Å². The number of hydrogen-bond donors (Lipinski definition) is 2. The molecule has 0 aliphatic carbocycles. The minimum atomic E-state index is -0.921. The topological polar surface area (TPSA) is 92.2 Å². The molecule has 1 aromatic heterocycles. The smallest absolute Gasteiger partial charge is 0.305 e. The largest absolute Gasteiger partial charge is 0.481 e. The molecule has 1 unspecified atom stereocenters. The van der Waals surface area contributed by atoms with Crippen LogP contribution in [0, 0.1) is 0 Å². The highest BCUT2D eigenvalue weighted by atomic mass is 32.1. The van der Waals surface area contributed by atoms with E-state index in [2.05, 4.69) is 14.9 Å². The zero-order valence-corrected chi connectivity index (χ0v) is 9.66. The quantitative estimate of drug-likeness (QED) is 0.774. The molecule has 88 valence electrons. The SMILES string of the molecule is CCCC(CC(=O)O)NC(=O)c1csnn1. The summed E-state index contributed by atoms with van der Waals surface area (Å²) in [5.41, 5.74) is 0.233. The van der Waals surface area contributed by atoms with Crippen LogP contribution in [0.3, 0.4) is 0 Å². The highest BCUT2D eigenvalue weighted by Gasteiger charge is 2.17. The standard InChI is InChI=1S/C9H13N3O3S/c1-2-3-6(4-8(13)14)10-9(15)7-5-16-12-11-7/h5-6H,2-4H2,1H3,(H,10,15)(H,13,14). The molecule has 1 aromatic rings. The zero-order chi connectivity index (χ0) is 12.0. The first-order valence-corrected chi connectivity index (χ1v) is 5.76. The molecule has 0 saturated heterocycles. The van der Waals surface area contributed by atoms with Crippen molar-refractivity contribution in [1.82, 2.24) is 14.9 Å². The number of aliphatic carboxylic acids is 1. The third-order valence-corrected chi connectivity index (χ3v) is 2.49. The molecule has 0 saturated carbocycles. The van der Waals surface area contributed by atoms with E-state index in [9.17, 15) is 9.59 Å². The summed E-state index contributed by atoms with van der Waals surface area (Å²) in [7, 11) is 0. The molecule has 0 bridgehead atoms. The predicted octanol–water partition coefficient (Wildman–Crippen LogP) is 0.911. The minimum Gasteiger partial charge on any atom is -0.481 e. The van der Waals surface area contributed by atoms with Crippen LogP contribution < -0.4 is 5.32 Å². The second kappa shape index (κ2) is 6.16. The summed E-state index contributed by atoms with van der Waals surface area (Å²) < 4.78 is 3.57. The number of carboxylic acids is 1. The molecule has 1 amide bonds.